The molecule has 3 rings (SSSR count). The van der Waals surface area contributed by atoms with Gasteiger partial charge in [-0.3, -0.25) is 4.79 Å². The minimum absolute atomic E-state index is 0.0504. The van der Waals surface area contributed by atoms with Crippen molar-refractivity contribution in [1.29, 1.82) is 0 Å². The van der Waals surface area contributed by atoms with Crippen molar-refractivity contribution in [3.05, 3.63) is 65.2 Å². The highest BCUT2D eigenvalue weighted by Crippen LogP contribution is 2.63. The molecule has 0 heterocycles. The molecule has 2 aromatic rings. The van der Waals surface area contributed by atoms with E-state index in [9.17, 15) is 18.3 Å². The van der Waals surface area contributed by atoms with Crippen molar-refractivity contribution in [2.45, 2.75) is 16.1 Å². The van der Waals surface area contributed by atoms with Gasteiger partial charge in [-0.2, -0.15) is 0 Å². The molecule has 126 valence electrons. The number of halogens is 1. The Morgan fingerprint density at radius 1 is 1.12 bits per heavy atom. The van der Waals surface area contributed by atoms with Gasteiger partial charge in [0.25, 0.3) is 0 Å². The standard InChI is InChI=1S/C17H16ClNO4S/c18-12-6-8-13(9-7-12)24(22,23)15-14(11-4-2-1-3-5-11)17(15,10-19)16(20)21/h1-9,14-15H,10,19H2,(H,20,21)/t14-,15-,17+/m1/s1. The Balaban J connectivity index is 2.11. The van der Waals surface area contributed by atoms with Gasteiger partial charge in [0.2, 0.25) is 0 Å². The fourth-order valence-electron chi connectivity index (χ4n) is 3.35. The third-order valence-electron chi connectivity index (χ3n) is 4.63. The van der Waals surface area contributed by atoms with Gasteiger partial charge in [0.05, 0.1) is 10.1 Å². The van der Waals surface area contributed by atoms with Gasteiger partial charge in [-0.05, 0) is 29.8 Å². The maximum Gasteiger partial charge on any atom is 0.312 e. The predicted octanol–water partition coefficient (Wildman–Crippen LogP) is 2.31. The van der Waals surface area contributed by atoms with Crippen molar-refractivity contribution in [2.75, 3.05) is 6.54 Å². The molecule has 0 amide bonds. The second-order valence-electron chi connectivity index (χ2n) is 5.86. The third-order valence-corrected chi connectivity index (χ3v) is 7.17. The van der Waals surface area contributed by atoms with Crippen LogP contribution >= 0.6 is 11.6 Å². The molecule has 0 saturated heterocycles. The van der Waals surface area contributed by atoms with Crippen LogP contribution in [0.4, 0.5) is 0 Å². The van der Waals surface area contributed by atoms with E-state index in [4.69, 9.17) is 17.3 Å². The molecule has 1 aliphatic rings. The Hall–Kier alpha value is -1.89. The Bertz CT molecular complexity index is 867. The topological polar surface area (TPSA) is 97.5 Å². The molecule has 0 radical (unpaired) electrons. The molecule has 24 heavy (non-hydrogen) atoms. The van der Waals surface area contributed by atoms with Crippen molar-refractivity contribution in [3.8, 4) is 0 Å². The molecule has 0 aromatic heterocycles. The lowest BCUT2D eigenvalue weighted by atomic mass is 9.99. The van der Waals surface area contributed by atoms with E-state index >= 15 is 0 Å². The quantitative estimate of drug-likeness (QED) is 0.847. The van der Waals surface area contributed by atoms with Crippen LogP contribution in [0.5, 0.6) is 0 Å². The summed E-state index contributed by atoms with van der Waals surface area (Å²) in [6.07, 6.45) is 0. The van der Waals surface area contributed by atoms with Crippen LogP contribution in [0.2, 0.25) is 5.02 Å². The van der Waals surface area contributed by atoms with Gasteiger partial charge >= 0.3 is 5.97 Å². The molecule has 0 bridgehead atoms. The maximum atomic E-state index is 13.0. The summed E-state index contributed by atoms with van der Waals surface area (Å²) >= 11 is 5.81. The summed E-state index contributed by atoms with van der Waals surface area (Å²) in [4.78, 5) is 11.9. The maximum absolute atomic E-state index is 13.0. The van der Waals surface area contributed by atoms with Crippen molar-refractivity contribution in [3.63, 3.8) is 0 Å². The van der Waals surface area contributed by atoms with Crippen LogP contribution in [0.1, 0.15) is 11.5 Å². The Morgan fingerprint density at radius 2 is 1.71 bits per heavy atom. The van der Waals surface area contributed by atoms with E-state index in [0.717, 1.165) is 0 Å². The zero-order chi connectivity index (χ0) is 17.5. The van der Waals surface area contributed by atoms with Crippen LogP contribution in [0.15, 0.2) is 59.5 Å². The fourth-order valence-corrected chi connectivity index (χ4v) is 5.86. The third kappa shape index (κ3) is 2.42. The van der Waals surface area contributed by atoms with E-state index in [1.165, 1.54) is 24.3 Å². The molecule has 3 atom stereocenters. The Kier molecular flexibility index (Phi) is 4.15. The number of benzene rings is 2. The average Bonchev–Trinajstić information content (AvgIpc) is 3.28. The Labute approximate surface area is 145 Å². The van der Waals surface area contributed by atoms with Crippen LogP contribution in [0, 0.1) is 5.41 Å². The van der Waals surface area contributed by atoms with Gasteiger partial charge in [-0.1, -0.05) is 41.9 Å². The van der Waals surface area contributed by atoms with Gasteiger partial charge in [-0.25, -0.2) is 8.42 Å². The van der Waals surface area contributed by atoms with Gasteiger partial charge in [0.1, 0.15) is 5.41 Å². The van der Waals surface area contributed by atoms with Crippen molar-refractivity contribution in [2.24, 2.45) is 11.1 Å². The summed E-state index contributed by atoms with van der Waals surface area (Å²) in [6.45, 7) is -0.251. The molecular formula is C17H16ClNO4S. The minimum Gasteiger partial charge on any atom is -0.481 e. The molecule has 1 aliphatic carbocycles. The number of rotatable bonds is 5. The lowest BCUT2D eigenvalue weighted by Gasteiger charge is -2.10. The summed E-state index contributed by atoms with van der Waals surface area (Å²) in [5.41, 5.74) is 4.87. The Morgan fingerprint density at radius 3 is 2.21 bits per heavy atom. The van der Waals surface area contributed by atoms with Crippen LogP contribution in [0.25, 0.3) is 0 Å². The van der Waals surface area contributed by atoms with Gasteiger partial charge in [-0.15, -0.1) is 0 Å². The number of sulfone groups is 1. The SMILES string of the molecule is NC[C@]1(C(=O)O)[C@H](c2ccccc2)[C@H]1S(=O)(=O)c1ccc(Cl)cc1. The molecule has 7 heteroatoms. The summed E-state index contributed by atoms with van der Waals surface area (Å²) in [7, 11) is -3.86. The number of carboxylic acids is 1. The summed E-state index contributed by atoms with van der Waals surface area (Å²) < 4.78 is 26.0. The first-order chi connectivity index (χ1) is 11.4. The van der Waals surface area contributed by atoms with Crippen molar-refractivity contribution >= 4 is 27.4 Å². The van der Waals surface area contributed by atoms with Crippen LogP contribution in [-0.2, 0) is 14.6 Å². The van der Waals surface area contributed by atoms with E-state index in [1.807, 2.05) is 0 Å². The summed E-state index contributed by atoms with van der Waals surface area (Å²) in [5, 5.41) is 9.00. The summed E-state index contributed by atoms with van der Waals surface area (Å²) in [6, 6.07) is 14.5. The zero-order valence-corrected chi connectivity index (χ0v) is 14.2. The lowest BCUT2D eigenvalue weighted by Crippen LogP contribution is -2.31. The second kappa shape index (κ2) is 5.88. The number of hydrogen-bond acceptors (Lipinski definition) is 4. The normalized spacial score (nSPS) is 26.1. The highest BCUT2D eigenvalue weighted by atomic mass is 35.5. The predicted molar refractivity (Wildman–Crippen MR) is 90.7 cm³/mol. The molecule has 1 fully saturated rings. The average molecular weight is 366 g/mol. The number of hydrogen-bond donors (Lipinski definition) is 2. The van der Waals surface area contributed by atoms with E-state index in [-0.39, 0.29) is 11.4 Å². The molecule has 5 nitrogen and oxygen atoms in total. The van der Waals surface area contributed by atoms with E-state index < -0.39 is 32.4 Å². The fraction of sp³-hybridized carbons (Fsp3) is 0.235. The van der Waals surface area contributed by atoms with Gasteiger partial charge < -0.3 is 10.8 Å². The smallest absolute Gasteiger partial charge is 0.312 e. The van der Waals surface area contributed by atoms with Crippen molar-refractivity contribution in [1.82, 2.24) is 0 Å². The number of aliphatic carboxylic acids is 1. The van der Waals surface area contributed by atoms with Gasteiger partial charge in [0, 0.05) is 17.5 Å². The highest BCUT2D eigenvalue weighted by Gasteiger charge is 2.75. The second-order valence-corrected chi connectivity index (χ2v) is 8.36. The molecule has 1 saturated carbocycles. The van der Waals surface area contributed by atoms with E-state index in [2.05, 4.69) is 0 Å². The van der Waals surface area contributed by atoms with E-state index in [0.29, 0.717) is 10.6 Å². The molecule has 2 aromatic carbocycles. The van der Waals surface area contributed by atoms with Crippen LogP contribution < -0.4 is 5.73 Å². The van der Waals surface area contributed by atoms with Crippen molar-refractivity contribution < 1.29 is 18.3 Å². The molecular weight excluding hydrogens is 350 g/mol. The molecule has 0 spiro atoms. The van der Waals surface area contributed by atoms with Gasteiger partial charge in [0.15, 0.2) is 9.84 Å². The minimum atomic E-state index is -3.86. The number of carboxylic acid groups (broad SMARTS) is 1. The van der Waals surface area contributed by atoms with E-state index in [1.54, 1.807) is 30.3 Å². The largest absolute Gasteiger partial charge is 0.481 e. The highest BCUT2D eigenvalue weighted by molar-refractivity contribution is 7.92. The molecule has 3 N–H and O–H groups in total. The number of nitrogens with two attached hydrogens (primary N) is 1. The zero-order valence-electron chi connectivity index (χ0n) is 12.6. The van der Waals surface area contributed by atoms with Crippen LogP contribution in [0.3, 0.4) is 0 Å². The monoisotopic (exact) mass is 365 g/mol. The lowest BCUT2D eigenvalue weighted by molar-refractivity contribution is -0.143. The summed E-state index contributed by atoms with van der Waals surface area (Å²) in [5.74, 6) is -1.87. The first-order valence-corrected chi connectivity index (χ1v) is 9.26. The molecule has 0 unspecified atom stereocenters. The first-order valence-electron chi connectivity index (χ1n) is 7.33. The van der Waals surface area contributed by atoms with Crippen LogP contribution in [-0.4, -0.2) is 31.3 Å². The molecule has 0 aliphatic heterocycles. The first kappa shape index (κ1) is 17.0. The number of carbonyl (C=O) groups is 1.